The van der Waals surface area contributed by atoms with Crippen LogP contribution in [0.5, 0.6) is 0 Å². The molecule has 0 aliphatic carbocycles. The van der Waals surface area contributed by atoms with Crippen LogP contribution in [-0.2, 0) is 19.5 Å². The third kappa shape index (κ3) is 8.11. The Morgan fingerprint density at radius 2 is 1.16 bits per heavy atom. The maximum absolute atomic E-state index is 7.13. The third-order valence-corrected chi connectivity index (χ3v) is 2.11. The standard InChI is InChI=1S/2C5H4N4.2CNS.Zn/c2*1-2-6-5-7-4-8-9(5)3-1;2*2-1-3;/h2*1-4H;;;/q;;2*-1;+2. The first-order valence-electron chi connectivity index (χ1n) is 6.00. The minimum Gasteiger partial charge on any atom is -0.753 e. The summed E-state index contributed by atoms with van der Waals surface area (Å²) >= 11 is 7.40. The minimum absolute atomic E-state index is 0. The molecule has 0 bridgehead atoms. The fourth-order valence-electron chi connectivity index (χ4n) is 1.34. The van der Waals surface area contributed by atoms with Crippen molar-refractivity contribution in [3.63, 3.8) is 0 Å². The molecule has 0 saturated heterocycles. The molecule has 4 aromatic rings. The van der Waals surface area contributed by atoms with Gasteiger partial charge >= 0.3 is 31.0 Å². The molecule has 0 spiro atoms. The van der Waals surface area contributed by atoms with Gasteiger partial charge in [-0.1, -0.05) is 44.4 Å². The van der Waals surface area contributed by atoms with Crippen LogP contribution >= 0.6 is 24.4 Å². The Morgan fingerprint density at radius 3 is 1.48 bits per heavy atom. The summed E-state index contributed by atoms with van der Waals surface area (Å²) < 4.78 is 3.22. The Labute approximate surface area is 165 Å². The van der Waals surface area contributed by atoms with Crippen LogP contribution in [-0.4, -0.2) is 30.3 Å². The first-order valence-corrected chi connectivity index (χ1v) is 6.81. The zero-order chi connectivity index (χ0) is 17.6. The molecule has 4 aromatic heterocycles. The minimum atomic E-state index is 0. The van der Waals surface area contributed by atoms with Crippen LogP contribution in [0.25, 0.3) is 22.4 Å². The van der Waals surface area contributed by atoms with E-state index in [4.69, 9.17) is 10.8 Å². The van der Waals surface area contributed by atoms with E-state index in [1.54, 1.807) is 33.8 Å². The van der Waals surface area contributed by atoms with Gasteiger partial charge in [-0.15, -0.1) is 0 Å². The molecule has 0 N–H and O–H groups in total. The first-order chi connectivity index (χ1) is 11.8. The van der Waals surface area contributed by atoms with Gasteiger partial charge in [-0.2, -0.15) is 19.4 Å². The van der Waals surface area contributed by atoms with Crippen LogP contribution in [0.2, 0.25) is 0 Å². The largest absolute Gasteiger partial charge is 2.00 e. The van der Waals surface area contributed by atoms with Gasteiger partial charge < -0.3 is 10.8 Å². The van der Waals surface area contributed by atoms with Gasteiger partial charge in [-0.25, -0.2) is 0 Å². The summed E-state index contributed by atoms with van der Waals surface area (Å²) in [7, 11) is 0. The van der Waals surface area contributed by atoms with Crippen molar-refractivity contribution in [3.05, 3.63) is 60.4 Å². The van der Waals surface area contributed by atoms with Gasteiger partial charge in [0.1, 0.15) is 25.0 Å². The molecule has 0 aromatic carbocycles. The van der Waals surface area contributed by atoms with Crippen molar-refractivity contribution in [1.29, 1.82) is 0 Å². The van der Waals surface area contributed by atoms with Gasteiger partial charge in [-0.3, -0.25) is 10.2 Å². The van der Waals surface area contributed by atoms with E-state index in [0.29, 0.717) is 11.6 Å². The zero-order valence-electron chi connectivity index (χ0n) is 12.6. The van der Waals surface area contributed by atoms with Crippen molar-refractivity contribution in [2.24, 2.45) is 0 Å². The van der Waals surface area contributed by atoms with Crippen molar-refractivity contribution >= 4 is 46.3 Å². The smallest absolute Gasteiger partial charge is 0.753 e. The Hall–Kier alpha value is -2.68. The molecule has 120 valence electrons. The van der Waals surface area contributed by atoms with Crippen LogP contribution in [0, 0.1) is 0 Å². The number of isothiocyanates is 2. The van der Waals surface area contributed by atoms with Gasteiger partial charge in [0.25, 0.3) is 0 Å². The average Bonchev–Trinajstić information content (AvgIpc) is 3.26. The molecule has 0 fully saturated rings. The number of aromatic nitrogens is 8. The van der Waals surface area contributed by atoms with Gasteiger partial charge in [0.15, 0.2) is 0 Å². The number of hydrogen-bond acceptors (Lipinski definition) is 6. The molecule has 13 heteroatoms. The molecule has 25 heavy (non-hydrogen) atoms. The van der Waals surface area contributed by atoms with Gasteiger partial charge in [0.05, 0.1) is 12.4 Å². The molecule has 0 amide bonds. The summed E-state index contributed by atoms with van der Waals surface area (Å²) in [5.41, 5.74) is 0. The second-order valence-corrected chi connectivity index (χ2v) is 3.80. The summed E-state index contributed by atoms with van der Waals surface area (Å²) in [6, 6.07) is 3.61. The van der Waals surface area contributed by atoms with E-state index in [1.165, 1.54) is 23.0 Å². The SMILES string of the molecule is [N-]=C=S.[N-]=C=S.[Zn+2].c1cnc2nc[n-][n+]2c1.c1cnc2nc[n-][n+]2c1. The van der Waals surface area contributed by atoms with Crippen molar-refractivity contribution in [2.75, 3.05) is 0 Å². The molecule has 4 rings (SSSR count). The van der Waals surface area contributed by atoms with E-state index in [0.717, 1.165) is 0 Å². The summed E-state index contributed by atoms with van der Waals surface area (Å²) in [4.78, 5) is 15.6. The van der Waals surface area contributed by atoms with Crippen LogP contribution in [0.15, 0.2) is 49.6 Å². The fraction of sp³-hybridized carbons (Fsp3) is 0. The quantitative estimate of drug-likeness (QED) is 0.163. The summed E-state index contributed by atoms with van der Waals surface area (Å²) in [6.07, 6.45) is 9.92. The predicted molar refractivity (Wildman–Crippen MR) is 88.9 cm³/mol. The third-order valence-electron chi connectivity index (χ3n) is 2.11. The topological polar surface area (TPSA) is 133 Å². The summed E-state index contributed by atoms with van der Waals surface area (Å²) in [5.74, 6) is 1.27. The Balaban J connectivity index is 0.000000344. The second-order valence-electron chi connectivity index (χ2n) is 3.43. The molecule has 0 atom stereocenters. The maximum Gasteiger partial charge on any atom is 2.00 e. The van der Waals surface area contributed by atoms with Gasteiger partial charge in [-0.05, 0) is 0 Å². The van der Waals surface area contributed by atoms with Crippen molar-refractivity contribution < 1.29 is 28.5 Å². The number of rotatable bonds is 0. The van der Waals surface area contributed by atoms with Crippen molar-refractivity contribution in [1.82, 2.24) is 30.1 Å². The molecule has 4 heterocycles. The molecule has 0 unspecified atom stereocenters. The normalized spacial score (nSPS) is 8.00. The van der Waals surface area contributed by atoms with E-state index < -0.39 is 0 Å². The Kier molecular flexibility index (Phi) is 12.3. The molecule has 0 aliphatic heterocycles. The Bertz CT molecular complexity index is 803. The predicted octanol–water partition coefficient (Wildman–Crippen LogP) is -0.340. The van der Waals surface area contributed by atoms with E-state index in [9.17, 15) is 0 Å². The summed E-state index contributed by atoms with van der Waals surface area (Å²) in [6.45, 7) is 0. The molecule has 0 radical (unpaired) electrons. The summed E-state index contributed by atoms with van der Waals surface area (Å²) in [5, 5.41) is 24.7. The first kappa shape index (κ1) is 22.3. The van der Waals surface area contributed by atoms with Gasteiger partial charge in [0, 0.05) is 12.1 Å². The monoisotopic (exact) mass is 420 g/mol. The van der Waals surface area contributed by atoms with E-state index >= 15 is 0 Å². The number of fused-ring (bicyclic) bond motifs is 2. The molecular weight excluding hydrogens is 414 g/mol. The molecular formula is C12H8N10S2Zn. The maximum atomic E-state index is 7.13. The zero-order valence-corrected chi connectivity index (χ0v) is 17.2. The van der Waals surface area contributed by atoms with Crippen LogP contribution in [0.3, 0.4) is 0 Å². The van der Waals surface area contributed by atoms with Crippen molar-refractivity contribution in [3.8, 4) is 0 Å². The second kappa shape index (κ2) is 13.7. The number of hydrogen-bond donors (Lipinski definition) is 0. The number of nitrogens with zero attached hydrogens (tertiary/aromatic N) is 10. The van der Waals surface area contributed by atoms with E-state index in [2.05, 4.69) is 54.6 Å². The van der Waals surface area contributed by atoms with Crippen LogP contribution in [0.1, 0.15) is 0 Å². The van der Waals surface area contributed by atoms with Crippen molar-refractivity contribution in [2.45, 2.75) is 0 Å². The van der Waals surface area contributed by atoms with E-state index in [-0.39, 0.29) is 19.5 Å². The van der Waals surface area contributed by atoms with Gasteiger partial charge in [0.2, 0.25) is 0 Å². The Morgan fingerprint density at radius 1 is 0.800 bits per heavy atom. The fourth-order valence-corrected chi connectivity index (χ4v) is 1.34. The van der Waals surface area contributed by atoms with Crippen LogP contribution < -0.4 is 19.2 Å². The van der Waals surface area contributed by atoms with E-state index in [1.807, 2.05) is 12.1 Å². The molecule has 0 aliphatic rings. The number of thiocarbonyl (C=S) groups is 2. The van der Waals surface area contributed by atoms with Crippen LogP contribution in [0.4, 0.5) is 0 Å². The molecule has 0 saturated carbocycles. The molecule has 10 nitrogen and oxygen atoms in total. The average molecular weight is 422 g/mol.